The van der Waals surface area contributed by atoms with Crippen LogP contribution in [0.15, 0.2) is 42.5 Å². The highest BCUT2D eigenvalue weighted by Gasteiger charge is 2.25. The van der Waals surface area contributed by atoms with Gasteiger partial charge in [0.25, 0.3) is 0 Å². The molecule has 1 aliphatic heterocycles. The van der Waals surface area contributed by atoms with E-state index in [4.69, 9.17) is 5.73 Å². The molecule has 0 fully saturated rings. The number of nitrogens with one attached hydrogen (secondary N) is 3. The number of carbonyl (C=O) groups is 1. The van der Waals surface area contributed by atoms with Gasteiger partial charge in [0, 0.05) is 17.6 Å². The third kappa shape index (κ3) is 2.43. The van der Waals surface area contributed by atoms with E-state index in [2.05, 4.69) is 26.9 Å². The van der Waals surface area contributed by atoms with Crippen molar-refractivity contribution >= 4 is 28.3 Å². The first-order chi connectivity index (χ1) is 11.2. The van der Waals surface area contributed by atoms with Crippen molar-refractivity contribution in [3.05, 3.63) is 53.6 Å². The van der Waals surface area contributed by atoms with Gasteiger partial charge in [0.05, 0.1) is 5.52 Å². The molecule has 116 valence electrons. The van der Waals surface area contributed by atoms with Gasteiger partial charge in [-0.05, 0) is 35.7 Å². The molecule has 0 saturated carbocycles. The molecular weight excluding hydrogens is 290 g/mol. The van der Waals surface area contributed by atoms with Crippen molar-refractivity contribution in [3.63, 3.8) is 0 Å². The summed E-state index contributed by atoms with van der Waals surface area (Å²) in [5.41, 5.74) is 9.55. The Kier molecular flexibility index (Phi) is 3.24. The van der Waals surface area contributed by atoms with Crippen molar-refractivity contribution in [2.45, 2.75) is 12.5 Å². The van der Waals surface area contributed by atoms with E-state index in [1.54, 1.807) is 0 Å². The fraction of sp³-hybridized carbons (Fsp3) is 0.176. The van der Waals surface area contributed by atoms with Gasteiger partial charge >= 0.3 is 0 Å². The number of benzene rings is 2. The number of fused-ring (bicyclic) bond motifs is 2. The summed E-state index contributed by atoms with van der Waals surface area (Å²) >= 11 is 0. The lowest BCUT2D eigenvalue weighted by molar-refractivity contribution is -0.118. The largest absolute Gasteiger partial charge is 0.382 e. The normalized spacial score (nSPS) is 17.0. The summed E-state index contributed by atoms with van der Waals surface area (Å²) in [5.74, 6) is 0.393. The van der Waals surface area contributed by atoms with Crippen LogP contribution in [0.4, 0.5) is 11.5 Å². The van der Waals surface area contributed by atoms with Crippen LogP contribution in [0.5, 0.6) is 0 Å². The molecule has 6 nitrogen and oxygen atoms in total. The monoisotopic (exact) mass is 307 g/mol. The van der Waals surface area contributed by atoms with Crippen LogP contribution in [0.25, 0.3) is 10.9 Å². The summed E-state index contributed by atoms with van der Waals surface area (Å²) in [4.78, 5) is 12.6. The van der Waals surface area contributed by atoms with Gasteiger partial charge in [0.15, 0.2) is 5.82 Å². The first-order valence-corrected chi connectivity index (χ1v) is 7.58. The summed E-state index contributed by atoms with van der Waals surface area (Å²) in [6.07, 6.45) is 0.944. The van der Waals surface area contributed by atoms with E-state index >= 15 is 0 Å². The van der Waals surface area contributed by atoms with E-state index in [1.165, 1.54) is 5.56 Å². The average molecular weight is 307 g/mol. The van der Waals surface area contributed by atoms with Crippen LogP contribution in [0.1, 0.15) is 17.2 Å². The Labute approximate surface area is 133 Å². The fourth-order valence-corrected chi connectivity index (χ4v) is 3.07. The molecule has 0 radical (unpaired) electrons. The molecule has 0 bridgehead atoms. The number of nitrogens with zero attached hydrogens (tertiary/aromatic N) is 1. The van der Waals surface area contributed by atoms with Gasteiger partial charge in [-0.3, -0.25) is 9.89 Å². The molecule has 3 aromatic rings. The van der Waals surface area contributed by atoms with Crippen LogP contribution in [-0.2, 0) is 11.2 Å². The van der Waals surface area contributed by atoms with Crippen LogP contribution in [0, 0.1) is 0 Å². The van der Waals surface area contributed by atoms with Crippen LogP contribution in [0.3, 0.4) is 0 Å². The van der Waals surface area contributed by atoms with Gasteiger partial charge in [-0.2, -0.15) is 5.10 Å². The topological polar surface area (TPSA) is 95.8 Å². The molecule has 2 aromatic carbocycles. The lowest BCUT2D eigenvalue weighted by Crippen LogP contribution is -2.38. The lowest BCUT2D eigenvalue weighted by atomic mass is 9.94. The summed E-state index contributed by atoms with van der Waals surface area (Å²) in [6, 6.07) is 13.3. The van der Waals surface area contributed by atoms with Crippen LogP contribution < -0.4 is 16.4 Å². The van der Waals surface area contributed by atoms with Crippen LogP contribution >= 0.6 is 0 Å². The predicted molar refractivity (Wildman–Crippen MR) is 90.0 cm³/mol. The summed E-state index contributed by atoms with van der Waals surface area (Å²) in [6.45, 7) is 0.797. The molecule has 2 heterocycles. The van der Waals surface area contributed by atoms with E-state index in [0.29, 0.717) is 5.82 Å². The predicted octanol–water partition coefficient (Wildman–Crippen LogP) is 1.97. The molecular formula is C17H17N5O. The third-order valence-electron chi connectivity index (χ3n) is 4.23. The van der Waals surface area contributed by atoms with Crippen LogP contribution in [0.2, 0.25) is 0 Å². The number of nitrogen functional groups attached to an aromatic ring is 1. The minimum Gasteiger partial charge on any atom is -0.382 e. The van der Waals surface area contributed by atoms with E-state index in [1.807, 2.05) is 36.4 Å². The Hall–Kier alpha value is -2.86. The van der Waals surface area contributed by atoms with Gasteiger partial charge in [0.2, 0.25) is 5.91 Å². The number of carbonyl (C=O) groups excluding carboxylic acids is 1. The van der Waals surface area contributed by atoms with Gasteiger partial charge in [-0.25, -0.2) is 0 Å². The standard InChI is InChI=1S/C17H17N5O/c18-16-13-6-5-11(9-14(13)21-22-16)20-17(23)15-12-4-2-1-3-10(12)7-8-19-15/h1-6,9,15,19H,7-8H2,(H,20,23)(H3,18,21,22)/t15-/m0/s1. The summed E-state index contributed by atoms with van der Waals surface area (Å²) in [7, 11) is 0. The molecule has 1 aliphatic rings. The zero-order chi connectivity index (χ0) is 15.8. The number of H-pyrrole nitrogens is 1. The second-order valence-electron chi connectivity index (χ2n) is 5.69. The van der Waals surface area contributed by atoms with E-state index in [0.717, 1.165) is 35.1 Å². The Bertz CT molecular complexity index is 886. The van der Waals surface area contributed by atoms with Gasteiger partial charge in [0.1, 0.15) is 6.04 Å². The number of nitrogens with two attached hydrogens (primary N) is 1. The number of amides is 1. The molecule has 6 heteroatoms. The molecule has 0 saturated heterocycles. The molecule has 23 heavy (non-hydrogen) atoms. The Morgan fingerprint density at radius 1 is 1.26 bits per heavy atom. The van der Waals surface area contributed by atoms with E-state index in [9.17, 15) is 4.79 Å². The summed E-state index contributed by atoms with van der Waals surface area (Å²) in [5, 5.41) is 13.9. The fourth-order valence-electron chi connectivity index (χ4n) is 3.07. The maximum absolute atomic E-state index is 12.6. The van der Waals surface area contributed by atoms with Crippen molar-refractivity contribution in [3.8, 4) is 0 Å². The highest BCUT2D eigenvalue weighted by atomic mass is 16.2. The molecule has 4 rings (SSSR count). The molecule has 0 aliphatic carbocycles. The molecule has 1 aromatic heterocycles. The molecule has 5 N–H and O–H groups in total. The first-order valence-electron chi connectivity index (χ1n) is 7.58. The number of hydrogen-bond acceptors (Lipinski definition) is 4. The lowest BCUT2D eigenvalue weighted by Gasteiger charge is -2.26. The molecule has 1 amide bonds. The van der Waals surface area contributed by atoms with E-state index in [-0.39, 0.29) is 11.9 Å². The van der Waals surface area contributed by atoms with Crippen molar-refractivity contribution < 1.29 is 4.79 Å². The Balaban J connectivity index is 1.60. The van der Waals surface area contributed by atoms with Crippen molar-refractivity contribution in [2.24, 2.45) is 0 Å². The smallest absolute Gasteiger partial charge is 0.246 e. The maximum atomic E-state index is 12.6. The number of hydrogen-bond donors (Lipinski definition) is 4. The highest BCUT2D eigenvalue weighted by Crippen LogP contribution is 2.25. The average Bonchev–Trinajstić information content (AvgIpc) is 2.95. The Morgan fingerprint density at radius 3 is 3.04 bits per heavy atom. The highest BCUT2D eigenvalue weighted by molar-refractivity contribution is 5.98. The van der Waals surface area contributed by atoms with Crippen LogP contribution in [-0.4, -0.2) is 22.6 Å². The second kappa shape index (κ2) is 5.40. The SMILES string of the molecule is Nc1n[nH]c2cc(NC(=O)[C@H]3NCCc4ccccc43)ccc12. The van der Waals surface area contributed by atoms with Gasteiger partial charge in [-0.1, -0.05) is 24.3 Å². The summed E-state index contributed by atoms with van der Waals surface area (Å²) < 4.78 is 0. The minimum atomic E-state index is -0.331. The zero-order valence-electron chi connectivity index (χ0n) is 12.5. The maximum Gasteiger partial charge on any atom is 0.246 e. The van der Waals surface area contributed by atoms with Crippen molar-refractivity contribution in [2.75, 3.05) is 17.6 Å². The van der Waals surface area contributed by atoms with Gasteiger partial charge < -0.3 is 16.4 Å². The van der Waals surface area contributed by atoms with E-state index < -0.39 is 0 Å². The molecule has 1 atom stereocenters. The first kappa shape index (κ1) is 13.8. The third-order valence-corrected chi connectivity index (χ3v) is 4.23. The number of aromatic amines is 1. The molecule has 0 spiro atoms. The quantitative estimate of drug-likeness (QED) is 0.582. The second-order valence-corrected chi connectivity index (χ2v) is 5.69. The van der Waals surface area contributed by atoms with Crippen molar-refractivity contribution in [1.29, 1.82) is 0 Å². The number of anilines is 2. The number of rotatable bonds is 2. The Morgan fingerprint density at radius 2 is 2.13 bits per heavy atom. The minimum absolute atomic E-state index is 0.0658. The number of aromatic nitrogens is 2. The van der Waals surface area contributed by atoms with Gasteiger partial charge in [-0.15, -0.1) is 0 Å². The molecule has 0 unspecified atom stereocenters. The van der Waals surface area contributed by atoms with Crippen molar-refractivity contribution in [1.82, 2.24) is 15.5 Å². The zero-order valence-corrected chi connectivity index (χ0v) is 12.5.